The highest BCUT2D eigenvalue weighted by molar-refractivity contribution is 6.34. The number of aromatic nitrogens is 3. The first-order valence-corrected chi connectivity index (χ1v) is 8.42. The molecule has 1 amide bonds. The summed E-state index contributed by atoms with van der Waals surface area (Å²) in [5.74, 6) is -3.83. The van der Waals surface area contributed by atoms with Gasteiger partial charge in [-0.15, -0.1) is 0 Å². The minimum atomic E-state index is -1.22. The third kappa shape index (κ3) is 4.62. The fraction of sp³-hybridized carbons (Fsp3) is 0.0588. The highest BCUT2D eigenvalue weighted by Crippen LogP contribution is 2.21. The van der Waals surface area contributed by atoms with Crippen LogP contribution in [0.3, 0.4) is 0 Å². The van der Waals surface area contributed by atoms with Crippen LogP contribution in [0.25, 0.3) is 0 Å². The number of hydrogen-bond donors (Lipinski definition) is 2. The maximum atomic E-state index is 13.3. The molecule has 1 aromatic carbocycles. The Morgan fingerprint density at radius 2 is 1.96 bits per heavy atom. The van der Waals surface area contributed by atoms with Gasteiger partial charge in [0.1, 0.15) is 5.15 Å². The second-order valence-corrected chi connectivity index (χ2v) is 6.27. The number of amides is 1. The molecule has 0 atom stereocenters. The summed E-state index contributed by atoms with van der Waals surface area (Å²) >= 11 is 11.4. The van der Waals surface area contributed by atoms with Gasteiger partial charge in [0.05, 0.1) is 22.8 Å². The number of anilines is 1. The SMILES string of the molecule is O=C(Nc1cc(C([O-])=NCc2ccc(Cl)nc2)[nH]n1)c1cc(F)c(F)cc1Cl. The molecule has 0 aliphatic rings. The van der Waals surface area contributed by atoms with Gasteiger partial charge in [0.15, 0.2) is 17.5 Å². The summed E-state index contributed by atoms with van der Waals surface area (Å²) in [6.45, 7) is 0.0776. The minimum absolute atomic E-state index is 0.0162. The molecule has 28 heavy (non-hydrogen) atoms. The quantitative estimate of drug-likeness (QED) is 0.284. The van der Waals surface area contributed by atoms with Crippen molar-refractivity contribution >= 4 is 40.8 Å². The van der Waals surface area contributed by atoms with Crippen LogP contribution in [0, 0.1) is 11.6 Å². The van der Waals surface area contributed by atoms with E-state index in [-0.39, 0.29) is 28.6 Å². The van der Waals surface area contributed by atoms with Crippen LogP contribution in [0.15, 0.2) is 41.5 Å². The first kappa shape index (κ1) is 19.7. The summed E-state index contributed by atoms with van der Waals surface area (Å²) in [5, 5.41) is 20.7. The first-order chi connectivity index (χ1) is 13.3. The number of carbonyl (C=O) groups is 1. The number of hydrogen-bond acceptors (Lipinski definition) is 5. The van der Waals surface area contributed by atoms with Crippen molar-refractivity contribution in [3.8, 4) is 0 Å². The zero-order valence-corrected chi connectivity index (χ0v) is 15.4. The predicted octanol–water partition coefficient (Wildman–Crippen LogP) is 2.95. The highest BCUT2D eigenvalue weighted by atomic mass is 35.5. The van der Waals surface area contributed by atoms with Crippen molar-refractivity contribution in [3.63, 3.8) is 0 Å². The molecule has 0 unspecified atom stereocenters. The van der Waals surface area contributed by atoms with Crippen molar-refractivity contribution < 1.29 is 18.7 Å². The zero-order chi connectivity index (χ0) is 20.3. The monoisotopic (exact) mass is 424 g/mol. The topological polar surface area (TPSA) is 106 Å². The molecule has 0 saturated heterocycles. The normalized spacial score (nSPS) is 11.5. The molecule has 11 heteroatoms. The molecular weight excluding hydrogens is 415 g/mol. The number of nitrogens with zero attached hydrogens (tertiary/aromatic N) is 3. The second kappa shape index (κ2) is 8.32. The molecule has 3 rings (SSSR count). The second-order valence-electron chi connectivity index (χ2n) is 5.48. The van der Waals surface area contributed by atoms with Crippen molar-refractivity contribution in [1.82, 2.24) is 15.2 Å². The Balaban J connectivity index is 1.69. The van der Waals surface area contributed by atoms with E-state index >= 15 is 0 Å². The molecule has 7 nitrogen and oxygen atoms in total. The van der Waals surface area contributed by atoms with Gasteiger partial charge in [-0.3, -0.25) is 14.9 Å². The van der Waals surface area contributed by atoms with Crippen LogP contribution in [-0.2, 0) is 6.54 Å². The van der Waals surface area contributed by atoms with E-state index < -0.39 is 23.4 Å². The van der Waals surface area contributed by atoms with Crippen molar-refractivity contribution in [1.29, 1.82) is 0 Å². The van der Waals surface area contributed by atoms with E-state index in [0.717, 1.165) is 0 Å². The van der Waals surface area contributed by atoms with Crippen LogP contribution in [0.4, 0.5) is 14.6 Å². The van der Waals surface area contributed by atoms with E-state index in [0.29, 0.717) is 22.8 Å². The maximum absolute atomic E-state index is 13.3. The predicted molar refractivity (Wildman–Crippen MR) is 97.4 cm³/mol. The lowest BCUT2D eigenvalue weighted by molar-refractivity contribution is -0.213. The standard InChI is InChI=1S/C17H11Cl2F2N5O2/c18-10-4-12(21)11(20)3-9(10)16(27)24-15-5-13(25-26-15)17(28)23-7-8-1-2-14(19)22-6-8/h1-6H,7H2,(H,23,28)(H2,24,25,26,27)/p-1. The molecule has 2 N–H and O–H groups in total. The van der Waals surface area contributed by atoms with E-state index in [1.54, 1.807) is 12.1 Å². The summed E-state index contributed by atoms with van der Waals surface area (Å²) in [7, 11) is 0. The largest absolute Gasteiger partial charge is 0.857 e. The molecule has 2 aromatic heterocycles. The van der Waals surface area contributed by atoms with Crippen molar-refractivity contribution in [2.75, 3.05) is 5.32 Å². The molecular formula is C17H10Cl2F2N5O2-. The van der Waals surface area contributed by atoms with E-state index in [1.807, 2.05) is 0 Å². The van der Waals surface area contributed by atoms with Gasteiger partial charge < -0.3 is 10.4 Å². The molecule has 3 aromatic rings. The van der Waals surface area contributed by atoms with Crippen LogP contribution in [0.1, 0.15) is 21.6 Å². The number of nitrogens with one attached hydrogen (secondary N) is 2. The molecule has 0 bridgehead atoms. The van der Waals surface area contributed by atoms with Crippen LogP contribution in [0.2, 0.25) is 10.2 Å². The first-order valence-electron chi connectivity index (χ1n) is 7.67. The minimum Gasteiger partial charge on any atom is -0.857 e. The number of H-pyrrole nitrogens is 1. The highest BCUT2D eigenvalue weighted by Gasteiger charge is 2.16. The van der Waals surface area contributed by atoms with Gasteiger partial charge in [-0.05, 0) is 23.8 Å². The summed E-state index contributed by atoms with van der Waals surface area (Å²) in [5.41, 5.74) is 0.420. The van der Waals surface area contributed by atoms with Crippen LogP contribution < -0.4 is 10.4 Å². The maximum Gasteiger partial charge on any atom is 0.258 e. The Kier molecular flexibility index (Phi) is 5.86. The average Bonchev–Trinajstić information content (AvgIpc) is 3.12. The number of halogens is 4. The molecule has 2 heterocycles. The fourth-order valence-electron chi connectivity index (χ4n) is 2.12. The number of aromatic amines is 1. The summed E-state index contributed by atoms with van der Waals surface area (Å²) in [4.78, 5) is 19.9. The van der Waals surface area contributed by atoms with Gasteiger partial charge in [0, 0.05) is 18.2 Å². The lowest BCUT2D eigenvalue weighted by Gasteiger charge is -2.07. The van der Waals surface area contributed by atoms with E-state index in [4.69, 9.17) is 23.2 Å². The molecule has 0 aliphatic carbocycles. The summed E-state index contributed by atoms with van der Waals surface area (Å²) in [6, 6.07) is 5.86. The van der Waals surface area contributed by atoms with Crippen LogP contribution >= 0.6 is 23.2 Å². The molecule has 0 aliphatic heterocycles. The Bertz CT molecular complexity index is 1050. The molecule has 0 radical (unpaired) electrons. The number of benzene rings is 1. The Labute approximate surface area is 167 Å². The molecule has 0 spiro atoms. The average molecular weight is 425 g/mol. The van der Waals surface area contributed by atoms with Gasteiger partial charge in [-0.1, -0.05) is 29.3 Å². The third-order valence-corrected chi connectivity index (χ3v) is 4.03. The number of pyridine rings is 1. The van der Waals surface area contributed by atoms with E-state index in [9.17, 15) is 18.7 Å². The van der Waals surface area contributed by atoms with E-state index in [2.05, 4.69) is 25.5 Å². The van der Waals surface area contributed by atoms with Crippen LogP contribution in [-0.4, -0.2) is 27.0 Å². The van der Waals surface area contributed by atoms with Gasteiger partial charge in [-0.25, -0.2) is 13.8 Å². The smallest absolute Gasteiger partial charge is 0.258 e. The van der Waals surface area contributed by atoms with Crippen molar-refractivity contribution in [3.05, 3.63) is 75.2 Å². The fourth-order valence-corrected chi connectivity index (χ4v) is 2.47. The summed E-state index contributed by atoms with van der Waals surface area (Å²) in [6.07, 6.45) is 1.49. The third-order valence-electron chi connectivity index (χ3n) is 3.50. The zero-order valence-electron chi connectivity index (χ0n) is 13.8. The number of aliphatic imine (C=N–C) groups is 1. The summed E-state index contributed by atoms with van der Waals surface area (Å²) < 4.78 is 26.4. The van der Waals surface area contributed by atoms with Gasteiger partial charge in [-0.2, -0.15) is 5.10 Å². The molecule has 0 saturated carbocycles. The Morgan fingerprint density at radius 3 is 2.68 bits per heavy atom. The molecule has 0 fully saturated rings. The van der Waals surface area contributed by atoms with Crippen molar-refractivity contribution in [2.45, 2.75) is 6.54 Å². The van der Waals surface area contributed by atoms with E-state index in [1.165, 1.54) is 12.3 Å². The van der Waals surface area contributed by atoms with Crippen LogP contribution in [0.5, 0.6) is 0 Å². The van der Waals surface area contributed by atoms with Gasteiger partial charge in [0.25, 0.3) is 5.91 Å². The Hall–Kier alpha value is -3.04. The Morgan fingerprint density at radius 1 is 1.21 bits per heavy atom. The van der Waals surface area contributed by atoms with Crippen molar-refractivity contribution in [2.24, 2.45) is 4.99 Å². The lowest BCUT2D eigenvalue weighted by atomic mass is 10.2. The lowest BCUT2D eigenvalue weighted by Crippen LogP contribution is -2.19. The van der Waals surface area contributed by atoms with Gasteiger partial charge in [0.2, 0.25) is 0 Å². The molecule has 144 valence electrons. The van der Waals surface area contributed by atoms with Gasteiger partial charge >= 0.3 is 0 Å². The number of rotatable bonds is 5. The number of carbonyl (C=O) groups excluding carboxylic acids is 1.